The summed E-state index contributed by atoms with van der Waals surface area (Å²) < 4.78 is 5.74. The molecule has 0 saturated heterocycles. The predicted octanol–water partition coefficient (Wildman–Crippen LogP) is 3.90. The number of aromatic nitrogens is 1. The lowest BCUT2D eigenvalue weighted by molar-refractivity contribution is 0.620. The Morgan fingerprint density at radius 2 is 2.05 bits per heavy atom. The smallest absolute Gasteiger partial charge is 0.227 e. The SMILES string of the molecule is CCCNc1ccc(-c2nc3ccccc3o2)cc1N. The molecule has 0 amide bonds. The van der Waals surface area contributed by atoms with Gasteiger partial charge in [-0.2, -0.15) is 0 Å². The number of nitrogens with zero attached hydrogens (tertiary/aromatic N) is 1. The third-order valence-electron chi connectivity index (χ3n) is 3.16. The molecule has 3 N–H and O–H groups in total. The van der Waals surface area contributed by atoms with Crippen LogP contribution in [0.25, 0.3) is 22.6 Å². The van der Waals surface area contributed by atoms with Gasteiger partial charge in [-0.3, -0.25) is 0 Å². The first-order valence-corrected chi connectivity index (χ1v) is 6.77. The summed E-state index contributed by atoms with van der Waals surface area (Å²) in [6.07, 6.45) is 1.06. The van der Waals surface area contributed by atoms with Crippen LogP contribution in [-0.4, -0.2) is 11.5 Å². The van der Waals surface area contributed by atoms with Gasteiger partial charge in [0.15, 0.2) is 5.58 Å². The van der Waals surface area contributed by atoms with Gasteiger partial charge in [-0.15, -0.1) is 0 Å². The van der Waals surface area contributed by atoms with Crippen molar-refractivity contribution >= 4 is 22.5 Å². The highest BCUT2D eigenvalue weighted by Gasteiger charge is 2.09. The van der Waals surface area contributed by atoms with Crippen LogP contribution in [0.4, 0.5) is 11.4 Å². The largest absolute Gasteiger partial charge is 0.436 e. The molecule has 0 fully saturated rings. The van der Waals surface area contributed by atoms with Crippen LogP contribution in [0.2, 0.25) is 0 Å². The monoisotopic (exact) mass is 267 g/mol. The number of rotatable bonds is 4. The van der Waals surface area contributed by atoms with Crippen molar-refractivity contribution in [2.75, 3.05) is 17.6 Å². The minimum atomic E-state index is 0.597. The van der Waals surface area contributed by atoms with Gasteiger partial charge >= 0.3 is 0 Å². The van der Waals surface area contributed by atoms with Crippen LogP contribution in [0.3, 0.4) is 0 Å². The van der Waals surface area contributed by atoms with Gasteiger partial charge < -0.3 is 15.5 Å². The summed E-state index contributed by atoms with van der Waals surface area (Å²) in [5.74, 6) is 0.597. The molecule has 0 aliphatic heterocycles. The molecule has 0 aliphatic rings. The van der Waals surface area contributed by atoms with Crippen molar-refractivity contribution in [1.29, 1.82) is 0 Å². The summed E-state index contributed by atoms with van der Waals surface area (Å²) in [6.45, 7) is 3.03. The number of hydrogen-bond donors (Lipinski definition) is 2. The molecular weight excluding hydrogens is 250 g/mol. The van der Waals surface area contributed by atoms with Crippen LogP contribution in [0.5, 0.6) is 0 Å². The Morgan fingerprint density at radius 1 is 1.20 bits per heavy atom. The molecule has 20 heavy (non-hydrogen) atoms. The molecule has 0 radical (unpaired) electrons. The average Bonchev–Trinajstić information content (AvgIpc) is 2.90. The maximum atomic E-state index is 6.06. The van der Waals surface area contributed by atoms with E-state index < -0.39 is 0 Å². The van der Waals surface area contributed by atoms with Gasteiger partial charge in [0.25, 0.3) is 0 Å². The number of nitrogens with one attached hydrogen (secondary N) is 1. The normalized spacial score (nSPS) is 10.8. The van der Waals surface area contributed by atoms with Gasteiger partial charge in [-0.05, 0) is 36.8 Å². The van der Waals surface area contributed by atoms with E-state index in [0.29, 0.717) is 11.6 Å². The molecule has 102 valence electrons. The van der Waals surface area contributed by atoms with Gasteiger partial charge in [-0.25, -0.2) is 4.98 Å². The Kier molecular flexibility index (Phi) is 3.29. The van der Waals surface area contributed by atoms with Crippen molar-refractivity contribution in [1.82, 2.24) is 4.98 Å². The second-order valence-electron chi connectivity index (χ2n) is 4.72. The van der Waals surface area contributed by atoms with Gasteiger partial charge in [-0.1, -0.05) is 19.1 Å². The Bertz CT molecular complexity index is 700. The zero-order valence-electron chi connectivity index (χ0n) is 11.4. The molecule has 1 aromatic heterocycles. The van der Waals surface area contributed by atoms with E-state index in [-0.39, 0.29) is 0 Å². The molecule has 0 unspecified atom stereocenters. The number of oxazole rings is 1. The van der Waals surface area contributed by atoms with Crippen LogP contribution in [0.1, 0.15) is 13.3 Å². The molecule has 1 heterocycles. The number of anilines is 2. The molecule has 0 aliphatic carbocycles. The second-order valence-corrected chi connectivity index (χ2v) is 4.72. The standard InChI is InChI=1S/C16H17N3O/c1-2-9-18-13-8-7-11(10-12(13)17)16-19-14-5-3-4-6-15(14)20-16/h3-8,10,18H,2,9,17H2,1H3. The van der Waals surface area contributed by atoms with Crippen LogP contribution in [0.15, 0.2) is 46.9 Å². The lowest BCUT2D eigenvalue weighted by Crippen LogP contribution is -2.02. The minimum Gasteiger partial charge on any atom is -0.436 e. The number of hydrogen-bond acceptors (Lipinski definition) is 4. The van der Waals surface area contributed by atoms with Gasteiger partial charge in [0.1, 0.15) is 5.52 Å². The number of nitrogen functional groups attached to an aromatic ring is 1. The summed E-state index contributed by atoms with van der Waals surface area (Å²) in [5, 5.41) is 3.29. The van der Waals surface area contributed by atoms with E-state index in [9.17, 15) is 0 Å². The van der Waals surface area contributed by atoms with E-state index in [2.05, 4.69) is 17.2 Å². The van der Waals surface area contributed by atoms with Crippen LogP contribution < -0.4 is 11.1 Å². The van der Waals surface area contributed by atoms with E-state index in [4.69, 9.17) is 10.2 Å². The first kappa shape index (κ1) is 12.5. The minimum absolute atomic E-state index is 0.597. The van der Waals surface area contributed by atoms with Crippen molar-refractivity contribution in [3.63, 3.8) is 0 Å². The molecule has 4 nitrogen and oxygen atoms in total. The van der Waals surface area contributed by atoms with E-state index >= 15 is 0 Å². The second kappa shape index (κ2) is 5.25. The summed E-state index contributed by atoms with van der Waals surface area (Å²) in [7, 11) is 0. The van der Waals surface area contributed by atoms with E-state index in [1.54, 1.807) is 0 Å². The highest BCUT2D eigenvalue weighted by atomic mass is 16.3. The first-order valence-electron chi connectivity index (χ1n) is 6.77. The predicted molar refractivity (Wildman–Crippen MR) is 82.6 cm³/mol. The molecule has 2 aromatic carbocycles. The van der Waals surface area contributed by atoms with Gasteiger partial charge in [0, 0.05) is 12.1 Å². The summed E-state index contributed by atoms with van der Waals surface area (Å²) in [5.41, 5.74) is 10.3. The van der Waals surface area contributed by atoms with Crippen LogP contribution >= 0.6 is 0 Å². The van der Waals surface area contributed by atoms with E-state index in [1.165, 1.54) is 0 Å². The van der Waals surface area contributed by atoms with Crippen molar-refractivity contribution < 1.29 is 4.42 Å². The summed E-state index contributed by atoms with van der Waals surface area (Å²) in [4.78, 5) is 4.47. The van der Waals surface area contributed by atoms with Crippen molar-refractivity contribution in [2.24, 2.45) is 0 Å². The quantitative estimate of drug-likeness (QED) is 0.704. The number of fused-ring (bicyclic) bond motifs is 1. The highest BCUT2D eigenvalue weighted by molar-refractivity contribution is 5.78. The summed E-state index contributed by atoms with van der Waals surface area (Å²) >= 11 is 0. The maximum absolute atomic E-state index is 6.06. The maximum Gasteiger partial charge on any atom is 0.227 e. The highest BCUT2D eigenvalue weighted by Crippen LogP contribution is 2.28. The fraction of sp³-hybridized carbons (Fsp3) is 0.188. The molecule has 0 saturated carbocycles. The van der Waals surface area contributed by atoms with Crippen molar-refractivity contribution in [2.45, 2.75) is 13.3 Å². The molecule has 3 aromatic rings. The topological polar surface area (TPSA) is 64.1 Å². The molecule has 0 bridgehead atoms. The number of nitrogens with two attached hydrogens (primary N) is 1. The fourth-order valence-corrected chi connectivity index (χ4v) is 2.11. The molecule has 0 atom stereocenters. The number of para-hydroxylation sites is 2. The zero-order valence-corrected chi connectivity index (χ0v) is 11.4. The van der Waals surface area contributed by atoms with E-state index in [0.717, 1.165) is 35.3 Å². The third kappa shape index (κ3) is 2.32. The van der Waals surface area contributed by atoms with E-state index in [1.807, 2.05) is 42.5 Å². The molecular formula is C16H17N3O. The zero-order chi connectivity index (χ0) is 13.9. The average molecular weight is 267 g/mol. The Balaban J connectivity index is 1.95. The van der Waals surface area contributed by atoms with Crippen LogP contribution in [0, 0.1) is 0 Å². The van der Waals surface area contributed by atoms with Crippen molar-refractivity contribution in [3.8, 4) is 11.5 Å². The number of benzene rings is 2. The first-order chi connectivity index (χ1) is 9.78. The van der Waals surface area contributed by atoms with Crippen molar-refractivity contribution in [3.05, 3.63) is 42.5 Å². The third-order valence-corrected chi connectivity index (χ3v) is 3.16. The van der Waals surface area contributed by atoms with Gasteiger partial charge in [0.05, 0.1) is 11.4 Å². The lowest BCUT2D eigenvalue weighted by atomic mass is 10.1. The summed E-state index contributed by atoms with van der Waals surface area (Å²) in [6, 6.07) is 13.6. The molecule has 4 heteroatoms. The Morgan fingerprint density at radius 3 is 2.80 bits per heavy atom. The Labute approximate surface area is 117 Å². The lowest BCUT2D eigenvalue weighted by Gasteiger charge is -2.08. The molecule has 3 rings (SSSR count). The van der Waals surface area contributed by atoms with Gasteiger partial charge in [0.2, 0.25) is 5.89 Å². The molecule has 0 spiro atoms. The Hall–Kier alpha value is -2.49. The fourth-order valence-electron chi connectivity index (χ4n) is 2.11. The van der Waals surface area contributed by atoms with Crippen LogP contribution in [-0.2, 0) is 0 Å².